The Hall–Kier alpha value is -4.99. The van der Waals surface area contributed by atoms with Crippen LogP contribution in [0.1, 0.15) is 46.9 Å². The molecule has 0 radical (unpaired) electrons. The van der Waals surface area contributed by atoms with E-state index in [4.69, 9.17) is 9.15 Å². The number of oxazole rings is 1. The number of halogens is 3. The quantitative estimate of drug-likeness (QED) is 0.352. The number of nitrogens with one attached hydrogen (secondary N) is 1. The largest absolute Gasteiger partial charge is 0.442 e. The van der Waals surface area contributed by atoms with Crippen LogP contribution in [-0.4, -0.2) is 46.1 Å². The Morgan fingerprint density at radius 2 is 1.95 bits per heavy atom. The molecule has 204 valence electrons. The van der Waals surface area contributed by atoms with Crippen molar-refractivity contribution in [1.29, 1.82) is 5.26 Å². The summed E-state index contributed by atoms with van der Waals surface area (Å²) in [5.41, 5.74) is 2.28. The van der Waals surface area contributed by atoms with Crippen LogP contribution in [0.5, 0.6) is 0 Å². The Bertz CT molecular complexity index is 1640. The van der Waals surface area contributed by atoms with E-state index in [-0.39, 0.29) is 19.0 Å². The number of nitrogens with zero attached hydrogens (tertiary/aromatic N) is 5. The summed E-state index contributed by atoms with van der Waals surface area (Å²) in [6.07, 6.45) is -5.51. The summed E-state index contributed by atoms with van der Waals surface area (Å²) in [6, 6.07) is 12.8. The number of nitriles is 1. The number of hydrogen-bond acceptors (Lipinski definition) is 8. The summed E-state index contributed by atoms with van der Waals surface area (Å²) in [5.74, 6) is -0.428. The number of amides is 2. The first-order chi connectivity index (χ1) is 19.0. The third-order valence-electron chi connectivity index (χ3n) is 6.20. The number of benzene rings is 2. The molecule has 0 saturated carbocycles. The number of ether oxygens (including phenoxy) is 1. The Labute approximate surface area is 225 Å². The van der Waals surface area contributed by atoms with Gasteiger partial charge in [0.2, 0.25) is 11.8 Å². The molecular weight excluding hydrogens is 529 g/mol. The average Bonchev–Trinajstić information content (AvgIpc) is 3.54. The Morgan fingerprint density at radius 3 is 2.62 bits per heavy atom. The minimum Gasteiger partial charge on any atom is -0.442 e. The molecule has 1 atom stereocenters. The van der Waals surface area contributed by atoms with Crippen LogP contribution in [-0.2, 0) is 10.9 Å². The number of carbonyl (C=O) groups excluding carboxylic acids is 2. The second kappa shape index (κ2) is 10.3. The van der Waals surface area contributed by atoms with E-state index in [1.165, 1.54) is 0 Å². The van der Waals surface area contributed by atoms with E-state index in [2.05, 4.69) is 26.3 Å². The first kappa shape index (κ1) is 26.6. The zero-order valence-electron chi connectivity index (χ0n) is 21.2. The third kappa shape index (κ3) is 5.28. The summed E-state index contributed by atoms with van der Waals surface area (Å²) in [7, 11) is 0. The van der Waals surface area contributed by atoms with E-state index in [9.17, 15) is 28.0 Å². The van der Waals surface area contributed by atoms with Gasteiger partial charge in [-0.25, -0.2) is 24.6 Å². The molecule has 10 nitrogen and oxygen atoms in total. The van der Waals surface area contributed by atoms with Gasteiger partial charge in [0.05, 0.1) is 24.7 Å². The maximum atomic E-state index is 13.0. The van der Waals surface area contributed by atoms with Gasteiger partial charge in [-0.15, -0.1) is 0 Å². The van der Waals surface area contributed by atoms with Crippen LogP contribution in [0.3, 0.4) is 0 Å². The van der Waals surface area contributed by atoms with Gasteiger partial charge in [-0.3, -0.25) is 4.79 Å². The molecule has 1 aliphatic heterocycles. The average molecular weight is 550 g/mol. The molecule has 0 bridgehead atoms. The molecule has 1 saturated heterocycles. The van der Waals surface area contributed by atoms with Gasteiger partial charge in [0.25, 0.3) is 5.91 Å². The van der Waals surface area contributed by atoms with E-state index in [0.29, 0.717) is 39.7 Å². The van der Waals surface area contributed by atoms with Crippen molar-refractivity contribution in [3.8, 4) is 17.5 Å². The Kier molecular flexibility index (Phi) is 6.85. The van der Waals surface area contributed by atoms with Crippen molar-refractivity contribution in [2.45, 2.75) is 32.0 Å². The van der Waals surface area contributed by atoms with Crippen molar-refractivity contribution in [3.05, 3.63) is 71.0 Å². The molecule has 4 aromatic rings. The Morgan fingerprint density at radius 1 is 1.20 bits per heavy atom. The van der Waals surface area contributed by atoms with Gasteiger partial charge in [0.1, 0.15) is 17.3 Å². The van der Waals surface area contributed by atoms with Gasteiger partial charge in [-0.2, -0.15) is 18.4 Å². The highest BCUT2D eigenvalue weighted by atomic mass is 19.4. The standard InChI is InChI=1S/C27H21F3N6O4/c1-14(2)19-9-15(11-31)10-20-22(19)40-24(34-20)17-5-3-16(4-6-17)23(37)33-12-18-13-36(26(38)39-18)25-32-8-7-21(35-25)27(28,29)30/h3-10,14,18H,12-13H2,1-2H3,(H,33,37). The highest BCUT2D eigenvalue weighted by molar-refractivity contribution is 5.95. The Balaban J connectivity index is 1.24. The zero-order valence-corrected chi connectivity index (χ0v) is 21.2. The van der Waals surface area contributed by atoms with Crippen molar-refractivity contribution < 1.29 is 31.9 Å². The van der Waals surface area contributed by atoms with E-state index >= 15 is 0 Å². The molecule has 2 amide bonds. The summed E-state index contributed by atoms with van der Waals surface area (Å²) in [5, 5.41) is 12.0. The van der Waals surface area contributed by atoms with Gasteiger partial charge in [-0.05, 0) is 48.4 Å². The van der Waals surface area contributed by atoms with Gasteiger partial charge in [-0.1, -0.05) is 13.8 Å². The van der Waals surface area contributed by atoms with Gasteiger partial charge in [0.15, 0.2) is 5.58 Å². The molecule has 0 aliphatic carbocycles. The molecule has 0 spiro atoms. The van der Waals surface area contributed by atoms with E-state index in [1.54, 1.807) is 36.4 Å². The topological polar surface area (TPSA) is 134 Å². The molecular formula is C27H21F3N6O4. The molecule has 2 aromatic heterocycles. The summed E-state index contributed by atoms with van der Waals surface area (Å²) in [6.45, 7) is 3.78. The number of aromatic nitrogens is 3. The number of hydrogen-bond donors (Lipinski definition) is 1. The molecule has 2 aromatic carbocycles. The van der Waals surface area contributed by atoms with Gasteiger partial charge < -0.3 is 14.5 Å². The molecule has 1 aliphatic rings. The van der Waals surface area contributed by atoms with Crippen LogP contribution in [0, 0.1) is 11.3 Å². The van der Waals surface area contributed by atoms with Gasteiger partial charge in [0, 0.05) is 22.9 Å². The second-order valence-corrected chi connectivity index (χ2v) is 9.34. The summed E-state index contributed by atoms with van der Waals surface area (Å²) < 4.78 is 50.0. The van der Waals surface area contributed by atoms with E-state index < -0.39 is 35.9 Å². The van der Waals surface area contributed by atoms with Crippen LogP contribution in [0.25, 0.3) is 22.6 Å². The fourth-order valence-corrected chi connectivity index (χ4v) is 4.18. The lowest BCUT2D eigenvalue weighted by molar-refractivity contribution is -0.141. The highest BCUT2D eigenvalue weighted by Gasteiger charge is 2.37. The first-order valence-corrected chi connectivity index (χ1v) is 12.1. The maximum absolute atomic E-state index is 13.0. The molecule has 1 fully saturated rings. The minimum absolute atomic E-state index is 0.0773. The third-order valence-corrected chi connectivity index (χ3v) is 6.20. The molecule has 1 N–H and O–H groups in total. The SMILES string of the molecule is CC(C)c1cc(C#N)cc2nc(-c3ccc(C(=O)NCC4CN(c5nccc(C(F)(F)F)n5)C(=O)O4)cc3)oc12. The number of fused-ring (bicyclic) bond motifs is 1. The molecule has 13 heteroatoms. The molecule has 5 rings (SSSR count). The fraction of sp³-hybridized carbons (Fsp3) is 0.259. The van der Waals surface area contributed by atoms with Gasteiger partial charge >= 0.3 is 12.3 Å². The zero-order chi connectivity index (χ0) is 28.6. The van der Waals surface area contributed by atoms with Crippen LogP contribution in [0.4, 0.5) is 23.9 Å². The molecule has 3 heterocycles. The van der Waals surface area contributed by atoms with Crippen molar-refractivity contribution in [2.24, 2.45) is 0 Å². The number of alkyl halides is 3. The van der Waals surface area contributed by atoms with Crippen LogP contribution in [0.15, 0.2) is 53.1 Å². The molecule has 1 unspecified atom stereocenters. The van der Waals surface area contributed by atoms with Crippen molar-refractivity contribution in [1.82, 2.24) is 20.3 Å². The van der Waals surface area contributed by atoms with Crippen molar-refractivity contribution in [2.75, 3.05) is 18.0 Å². The number of carbonyl (C=O) groups is 2. The van der Waals surface area contributed by atoms with Crippen molar-refractivity contribution in [3.63, 3.8) is 0 Å². The fourth-order valence-electron chi connectivity index (χ4n) is 4.18. The number of cyclic esters (lactones) is 1. The second-order valence-electron chi connectivity index (χ2n) is 9.34. The molecule has 40 heavy (non-hydrogen) atoms. The summed E-state index contributed by atoms with van der Waals surface area (Å²) in [4.78, 5) is 37.4. The normalized spacial score (nSPS) is 15.4. The monoisotopic (exact) mass is 550 g/mol. The predicted octanol–water partition coefficient (Wildman–Crippen LogP) is 5.05. The summed E-state index contributed by atoms with van der Waals surface area (Å²) >= 11 is 0. The first-order valence-electron chi connectivity index (χ1n) is 12.1. The van der Waals surface area contributed by atoms with Crippen LogP contribution in [0.2, 0.25) is 0 Å². The van der Waals surface area contributed by atoms with Crippen LogP contribution >= 0.6 is 0 Å². The van der Waals surface area contributed by atoms with E-state index in [0.717, 1.165) is 16.7 Å². The number of anilines is 1. The lowest BCUT2D eigenvalue weighted by atomic mass is 10.00. The number of rotatable bonds is 6. The maximum Gasteiger partial charge on any atom is 0.433 e. The van der Waals surface area contributed by atoms with E-state index in [1.807, 2.05) is 13.8 Å². The van der Waals surface area contributed by atoms with Crippen LogP contribution < -0.4 is 10.2 Å². The predicted molar refractivity (Wildman–Crippen MR) is 135 cm³/mol. The smallest absolute Gasteiger partial charge is 0.433 e. The lowest BCUT2D eigenvalue weighted by Crippen LogP contribution is -2.35. The lowest BCUT2D eigenvalue weighted by Gasteiger charge is -2.13. The van der Waals surface area contributed by atoms with Crippen molar-refractivity contribution >= 4 is 29.0 Å². The minimum atomic E-state index is -4.69. The highest BCUT2D eigenvalue weighted by Crippen LogP contribution is 2.32.